The summed E-state index contributed by atoms with van der Waals surface area (Å²) in [6.07, 6.45) is 1.92. The number of hydrogen-bond donors (Lipinski definition) is 0. The van der Waals surface area contributed by atoms with Gasteiger partial charge in [-0.1, -0.05) is 0 Å². The van der Waals surface area contributed by atoms with E-state index in [-0.39, 0.29) is 0 Å². The maximum absolute atomic E-state index is 4.23. The topological polar surface area (TPSA) is 12.9 Å². The highest BCUT2D eigenvalue weighted by Crippen LogP contribution is 2.16. The van der Waals surface area contributed by atoms with Crippen LogP contribution < -0.4 is 0 Å². The first-order valence-electron chi connectivity index (χ1n) is 3.21. The summed E-state index contributed by atoms with van der Waals surface area (Å²) in [5.41, 5.74) is 3.71. The van der Waals surface area contributed by atoms with Crippen LogP contribution >= 0.6 is 22.6 Å². The minimum absolute atomic E-state index is 1.13. The van der Waals surface area contributed by atoms with Crippen LogP contribution in [0.5, 0.6) is 0 Å². The number of aromatic nitrogens is 1. The van der Waals surface area contributed by atoms with Crippen LogP contribution in [0.2, 0.25) is 0 Å². The molecule has 0 bridgehead atoms. The molecule has 0 aliphatic carbocycles. The fraction of sp³-hybridized carbons (Fsp3) is 0.375. The first kappa shape index (κ1) is 7.98. The van der Waals surface area contributed by atoms with Crippen molar-refractivity contribution in [2.24, 2.45) is 0 Å². The van der Waals surface area contributed by atoms with Crippen LogP contribution in [-0.4, -0.2) is 4.98 Å². The lowest BCUT2D eigenvalue weighted by Crippen LogP contribution is -1.92. The van der Waals surface area contributed by atoms with E-state index in [1.165, 1.54) is 14.7 Å². The second-order valence-electron chi connectivity index (χ2n) is 2.47. The van der Waals surface area contributed by atoms with E-state index < -0.39 is 0 Å². The quantitative estimate of drug-likeness (QED) is 0.642. The molecule has 0 N–H and O–H groups in total. The van der Waals surface area contributed by atoms with Crippen molar-refractivity contribution in [2.75, 3.05) is 0 Å². The van der Waals surface area contributed by atoms with Gasteiger partial charge in [-0.25, -0.2) is 0 Å². The van der Waals surface area contributed by atoms with Crippen molar-refractivity contribution >= 4 is 22.6 Å². The van der Waals surface area contributed by atoms with Gasteiger partial charge in [0.25, 0.3) is 0 Å². The molecular formula is C8H10IN. The molecule has 10 heavy (non-hydrogen) atoms. The summed E-state index contributed by atoms with van der Waals surface area (Å²) in [6, 6.07) is 0. The van der Waals surface area contributed by atoms with Crippen molar-refractivity contribution in [3.63, 3.8) is 0 Å². The third kappa shape index (κ3) is 1.31. The van der Waals surface area contributed by atoms with Gasteiger partial charge in [0.1, 0.15) is 0 Å². The summed E-state index contributed by atoms with van der Waals surface area (Å²) in [7, 11) is 0. The summed E-state index contributed by atoms with van der Waals surface area (Å²) in [5.74, 6) is 0. The molecule has 0 amide bonds. The highest BCUT2D eigenvalue weighted by molar-refractivity contribution is 14.1. The van der Waals surface area contributed by atoms with Gasteiger partial charge in [-0.05, 0) is 54.5 Å². The number of pyridine rings is 1. The molecule has 0 unspecified atom stereocenters. The largest absolute Gasteiger partial charge is 0.261 e. The lowest BCUT2D eigenvalue weighted by Gasteiger charge is -2.03. The molecule has 0 radical (unpaired) electrons. The number of nitrogens with zero attached hydrogens (tertiary/aromatic N) is 1. The van der Waals surface area contributed by atoms with Crippen molar-refractivity contribution in [1.82, 2.24) is 4.98 Å². The highest BCUT2D eigenvalue weighted by atomic mass is 127. The van der Waals surface area contributed by atoms with E-state index in [1.807, 2.05) is 13.1 Å². The molecule has 0 atom stereocenters. The normalized spacial score (nSPS) is 10.0. The Morgan fingerprint density at radius 1 is 1.30 bits per heavy atom. The smallest absolute Gasteiger partial charge is 0.0412 e. The number of halogens is 1. The zero-order valence-electron chi connectivity index (χ0n) is 6.40. The van der Waals surface area contributed by atoms with E-state index in [1.54, 1.807) is 0 Å². The lowest BCUT2D eigenvalue weighted by atomic mass is 10.2. The molecule has 1 heterocycles. The molecule has 0 aliphatic rings. The average Bonchev–Trinajstić information content (AvgIpc) is 1.93. The highest BCUT2D eigenvalue weighted by Gasteiger charge is 2.00. The molecule has 54 valence electrons. The zero-order valence-corrected chi connectivity index (χ0v) is 8.56. The zero-order chi connectivity index (χ0) is 7.72. The molecule has 0 aliphatic heterocycles. The predicted molar refractivity (Wildman–Crippen MR) is 51.2 cm³/mol. The van der Waals surface area contributed by atoms with Crippen molar-refractivity contribution in [3.8, 4) is 0 Å². The first-order valence-corrected chi connectivity index (χ1v) is 4.29. The molecule has 0 fully saturated rings. The Balaban J connectivity index is 3.34. The summed E-state index contributed by atoms with van der Waals surface area (Å²) in [6.45, 7) is 6.23. The van der Waals surface area contributed by atoms with Crippen LogP contribution in [0.15, 0.2) is 6.20 Å². The van der Waals surface area contributed by atoms with E-state index in [0.29, 0.717) is 0 Å². The molecule has 1 rings (SSSR count). The summed E-state index contributed by atoms with van der Waals surface area (Å²) in [4.78, 5) is 4.23. The third-order valence-corrected chi connectivity index (χ3v) is 3.33. The molecule has 0 aromatic carbocycles. The van der Waals surface area contributed by atoms with E-state index in [9.17, 15) is 0 Å². The third-order valence-electron chi connectivity index (χ3n) is 1.67. The minimum atomic E-state index is 1.13. The SMILES string of the molecule is Cc1cnc(C)c(C)c1I. The lowest BCUT2D eigenvalue weighted by molar-refractivity contribution is 1.11. The van der Waals surface area contributed by atoms with Crippen molar-refractivity contribution in [1.29, 1.82) is 0 Å². The van der Waals surface area contributed by atoms with Crippen molar-refractivity contribution in [2.45, 2.75) is 20.8 Å². The maximum atomic E-state index is 4.23. The molecule has 1 aromatic rings. The molecule has 1 aromatic heterocycles. The van der Waals surface area contributed by atoms with Gasteiger partial charge in [-0.3, -0.25) is 4.98 Å². The first-order chi connectivity index (χ1) is 4.63. The van der Waals surface area contributed by atoms with Gasteiger partial charge in [0, 0.05) is 15.5 Å². The molecule has 1 nitrogen and oxygen atoms in total. The van der Waals surface area contributed by atoms with Crippen LogP contribution in [0.3, 0.4) is 0 Å². The Hall–Kier alpha value is -0.120. The Morgan fingerprint density at radius 3 is 2.40 bits per heavy atom. The van der Waals surface area contributed by atoms with Gasteiger partial charge in [0.2, 0.25) is 0 Å². The van der Waals surface area contributed by atoms with Crippen LogP contribution in [0.25, 0.3) is 0 Å². The summed E-state index contributed by atoms with van der Waals surface area (Å²) >= 11 is 2.35. The fourth-order valence-corrected chi connectivity index (χ4v) is 1.33. The second kappa shape index (κ2) is 2.86. The second-order valence-corrected chi connectivity index (χ2v) is 3.54. The van der Waals surface area contributed by atoms with Crippen LogP contribution in [-0.2, 0) is 0 Å². The van der Waals surface area contributed by atoms with Gasteiger partial charge < -0.3 is 0 Å². The van der Waals surface area contributed by atoms with Crippen LogP contribution in [0.4, 0.5) is 0 Å². The monoisotopic (exact) mass is 247 g/mol. The number of aryl methyl sites for hydroxylation is 2. The molecule has 0 saturated carbocycles. The standard InChI is InChI=1S/C8H10IN/c1-5-4-10-7(3)6(2)8(5)9/h4H,1-3H3. The van der Waals surface area contributed by atoms with Crippen molar-refractivity contribution in [3.05, 3.63) is 26.6 Å². The van der Waals surface area contributed by atoms with Gasteiger partial charge >= 0.3 is 0 Å². The summed E-state index contributed by atoms with van der Waals surface area (Å²) in [5, 5.41) is 0. The van der Waals surface area contributed by atoms with Gasteiger partial charge in [-0.15, -0.1) is 0 Å². The van der Waals surface area contributed by atoms with Gasteiger partial charge in [0.05, 0.1) is 0 Å². The predicted octanol–water partition coefficient (Wildman–Crippen LogP) is 2.61. The minimum Gasteiger partial charge on any atom is -0.261 e. The Labute approximate surface area is 75.0 Å². The van der Waals surface area contributed by atoms with E-state index in [2.05, 4.69) is 41.4 Å². The summed E-state index contributed by atoms with van der Waals surface area (Å²) < 4.78 is 1.34. The molecule has 2 heteroatoms. The Morgan fingerprint density at radius 2 is 1.90 bits per heavy atom. The Kier molecular flexibility index (Phi) is 2.28. The molecular weight excluding hydrogens is 237 g/mol. The molecule has 0 spiro atoms. The number of rotatable bonds is 0. The van der Waals surface area contributed by atoms with Crippen LogP contribution in [0.1, 0.15) is 16.8 Å². The Bertz CT molecular complexity index is 229. The average molecular weight is 247 g/mol. The number of hydrogen-bond acceptors (Lipinski definition) is 1. The van der Waals surface area contributed by atoms with E-state index in [0.717, 1.165) is 5.69 Å². The van der Waals surface area contributed by atoms with E-state index >= 15 is 0 Å². The fourth-order valence-electron chi connectivity index (χ4n) is 0.802. The van der Waals surface area contributed by atoms with Crippen LogP contribution in [0, 0.1) is 24.3 Å². The van der Waals surface area contributed by atoms with Crippen molar-refractivity contribution < 1.29 is 0 Å². The van der Waals surface area contributed by atoms with Gasteiger partial charge in [0.15, 0.2) is 0 Å². The van der Waals surface area contributed by atoms with E-state index in [4.69, 9.17) is 0 Å². The van der Waals surface area contributed by atoms with Gasteiger partial charge in [-0.2, -0.15) is 0 Å². The molecule has 0 saturated heterocycles. The maximum Gasteiger partial charge on any atom is 0.0412 e.